The lowest BCUT2D eigenvalue weighted by Gasteiger charge is -2.23. The van der Waals surface area contributed by atoms with Crippen LogP contribution < -0.4 is 0 Å². The van der Waals surface area contributed by atoms with Gasteiger partial charge in [-0.1, -0.05) is 84.0 Å². The Balaban J connectivity index is 1.30. The van der Waals surface area contributed by atoms with E-state index in [1.165, 1.54) is 4.31 Å². The first-order valence-electron chi connectivity index (χ1n) is 13.1. The van der Waals surface area contributed by atoms with Gasteiger partial charge in [0.05, 0.1) is 23.5 Å². The minimum absolute atomic E-state index is 0.0596. The molecule has 40 heavy (non-hydrogen) atoms. The summed E-state index contributed by atoms with van der Waals surface area (Å²) in [6.45, 7) is 1.91. The molecule has 0 spiro atoms. The number of carbonyl (C=O) groups is 1. The van der Waals surface area contributed by atoms with Crippen LogP contribution in [0.2, 0.25) is 0 Å². The van der Waals surface area contributed by atoms with E-state index >= 15 is 0 Å². The molecule has 3 aromatic carbocycles. The molecule has 1 aromatic heterocycles. The highest BCUT2D eigenvalue weighted by atomic mass is 32.2. The molecule has 9 heteroatoms. The second kappa shape index (κ2) is 11.0. The standard InChI is InChI=1S/C31H32N2O6S/c1-21-28(18-27(34)20-33(40(2,37)38)19-22-6-4-3-5-7-22)29(39-32-21)25-10-8-23(9-11-25)24-12-14-26(15-13-24)31(16-17-31)30(35)36/h3-15,27,34H,16-20H2,1-2H3,(H,35,36). The number of aromatic nitrogens is 1. The number of aliphatic hydroxyl groups is 1. The number of aliphatic carboxylic acids is 1. The SMILES string of the molecule is Cc1noc(-c2ccc(-c3ccc(C4(C(=O)O)CC4)cc3)cc2)c1CC(O)CN(Cc1ccccc1)S(C)(=O)=O. The van der Waals surface area contributed by atoms with Gasteiger partial charge in [-0.2, -0.15) is 4.31 Å². The number of benzene rings is 3. The van der Waals surface area contributed by atoms with E-state index in [0.717, 1.165) is 39.6 Å². The molecule has 0 saturated heterocycles. The van der Waals surface area contributed by atoms with Crippen molar-refractivity contribution in [2.24, 2.45) is 0 Å². The molecule has 1 aliphatic rings. The van der Waals surface area contributed by atoms with Crippen molar-refractivity contribution in [1.82, 2.24) is 9.46 Å². The third kappa shape index (κ3) is 5.86. The van der Waals surface area contributed by atoms with Crippen molar-refractivity contribution in [1.29, 1.82) is 0 Å². The number of aliphatic hydroxyl groups excluding tert-OH is 1. The smallest absolute Gasteiger partial charge is 0.314 e. The summed E-state index contributed by atoms with van der Waals surface area (Å²) in [5, 5.41) is 24.6. The van der Waals surface area contributed by atoms with Gasteiger partial charge in [-0.15, -0.1) is 0 Å². The Morgan fingerprint density at radius 2 is 1.55 bits per heavy atom. The van der Waals surface area contributed by atoms with Crippen molar-refractivity contribution in [2.45, 2.75) is 44.2 Å². The first-order valence-corrected chi connectivity index (χ1v) is 15.0. The van der Waals surface area contributed by atoms with Crippen LogP contribution in [0.1, 0.15) is 35.2 Å². The minimum Gasteiger partial charge on any atom is -0.481 e. The van der Waals surface area contributed by atoms with E-state index in [4.69, 9.17) is 4.52 Å². The third-order valence-corrected chi connectivity index (χ3v) is 8.80. The number of nitrogens with zero attached hydrogens (tertiary/aromatic N) is 2. The fraction of sp³-hybridized carbons (Fsp3) is 0.290. The maximum Gasteiger partial charge on any atom is 0.314 e. The Hall–Kier alpha value is -3.79. The van der Waals surface area contributed by atoms with E-state index in [1.807, 2.05) is 78.9 Å². The average molecular weight is 561 g/mol. The molecule has 1 unspecified atom stereocenters. The molecular weight excluding hydrogens is 528 g/mol. The number of aryl methyl sites for hydroxylation is 1. The molecule has 1 saturated carbocycles. The zero-order chi connectivity index (χ0) is 28.5. The van der Waals surface area contributed by atoms with Crippen molar-refractivity contribution in [3.05, 3.63) is 101 Å². The summed E-state index contributed by atoms with van der Waals surface area (Å²) in [4.78, 5) is 11.6. The Morgan fingerprint density at radius 3 is 2.10 bits per heavy atom. The molecule has 1 fully saturated rings. The van der Waals surface area contributed by atoms with Crippen LogP contribution in [0.5, 0.6) is 0 Å². The zero-order valence-electron chi connectivity index (χ0n) is 22.4. The van der Waals surface area contributed by atoms with Gasteiger partial charge in [0.2, 0.25) is 10.0 Å². The van der Waals surface area contributed by atoms with Crippen molar-refractivity contribution < 1.29 is 27.9 Å². The quantitative estimate of drug-likeness (QED) is 0.270. The summed E-state index contributed by atoms with van der Waals surface area (Å²) in [5.41, 5.74) is 5.03. The van der Waals surface area contributed by atoms with Crippen LogP contribution in [0.3, 0.4) is 0 Å². The second-order valence-corrected chi connectivity index (χ2v) is 12.5. The Bertz CT molecular complexity index is 1590. The van der Waals surface area contributed by atoms with E-state index in [0.29, 0.717) is 24.3 Å². The van der Waals surface area contributed by atoms with E-state index < -0.39 is 27.5 Å². The fourth-order valence-corrected chi connectivity index (χ4v) is 5.87. The average Bonchev–Trinajstić information content (AvgIpc) is 3.68. The second-order valence-electron chi connectivity index (χ2n) is 10.5. The van der Waals surface area contributed by atoms with Gasteiger partial charge in [-0.25, -0.2) is 8.42 Å². The summed E-state index contributed by atoms with van der Waals surface area (Å²) >= 11 is 0. The number of rotatable bonds is 11. The molecule has 208 valence electrons. The summed E-state index contributed by atoms with van der Waals surface area (Å²) < 4.78 is 31.8. The van der Waals surface area contributed by atoms with Gasteiger partial charge in [0, 0.05) is 30.6 Å². The van der Waals surface area contributed by atoms with Crippen LogP contribution in [0, 0.1) is 6.92 Å². The summed E-state index contributed by atoms with van der Waals surface area (Å²) in [7, 11) is -3.55. The molecule has 1 aliphatic carbocycles. The summed E-state index contributed by atoms with van der Waals surface area (Å²) in [6.07, 6.45) is 1.70. The van der Waals surface area contributed by atoms with Crippen LogP contribution in [0.4, 0.5) is 0 Å². The highest BCUT2D eigenvalue weighted by molar-refractivity contribution is 7.88. The lowest BCUT2D eigenvalue weighted by molar-refractivity contribution is -0.140. The monoisotopic (exact) mass is 560 g/mol. The van der Waals surface area contributed by atoms with E-state index in [-0.39, 0.29) is 19.5 Å². The van der Waals surface area contributed by atoms with Gasteiger partial charge < -0.3 is 14.7 Å². The maximum atomic E-state index is 12.4. The van der Waals surface area contributed by atoms with Crippen LogP contribution in [0.15, 0.2) is 83.4 Å². The highest BCUT2D eigenvalue weighted by Crippen LogP contribution is 2.48. The first-order chi connectivity index (χ1) is 19.1. The van der Waals surface area contributed by atoms with Crippen LogP contribution >= 0.6 is 0 Å². The number of carboxylic acids is 1. The Kier molecular flexibility index (Phi) is 7.63. The predicted octanol–water partition coefficient (Wildman–Crippen LogP) is 4.80. The normalized spacial score (nSPS) is 15.2. The maximum absolute atomic E-state index is 12.4. The van der Waals surface area contributed by atoms with Crippen molar-refractivity contribution in [3.63, 3.8) is 0 Å². The van der Waals surface area contributed by atoms with Gasteiger partial charge in [-0.05, 0) is 42.0 Å². The topological polar surface area (TPSA) is 121 Å². The van der Waals surface area contributed by atoms with Crippen LogP contribution in [-0.2, 0) is 33.2 Å². The molecule has 0 radical (unpaired) electrons. The number of carboxylic acid groups (broad SMARTS) is 1. The lowest BCUT2D eigenvalue weighted by atomic mass is 9.93. The van der Waals surface area contributed by atoms with Gasteiger partial charge in [0.1, 0.15) is 0 Å². The number of sulfonamides is 1. The predicted molar refractivity (Wildman–Crippen MR) is 152 cm³/mol. The van der Waals surface area contributed by atoms with Gasteiger partial charge in [-0.3, -0.25) is 4.79 Å². The van der Waals surface area contributed by atoms with Crippen molar-refractivity contribution >= 4 is 16.0 Å². The number of hydrogen-bond donors (Lipinski definition) is 2. The Morgan fingerprint density at radius 1 is 0.975 bits per heavy atom. The van der Waals surface area contributed by atoms with E-state index in [1.54, 1.807) is 6.92 Å². The van der Waals surface area contributed by atoms with Gasteiger partial charge >= 0.3 is 5.97 Å². The zero-order valence-corrected chi connectivity index (χ0v) is 23.3. The molecule has 4 aromatic rings. The summed E-state index contributed by atoms with van der Waals surface area (Å²) in [6, 6.07) is 24.7. The lowest BCUT2D eigenvalue weighted by Crippen LogP contribution is -2.37. The molecule has 0 amide bonds. The van der Waals surface area contributed by atoms with Crippen molar-refractivity contribution in [2.75, 3.05) is 12.8 Å². The van der Waals surface area contributed by atoms with E-state index in [9.17, 15) is 23.4 Å². The minimum atomic E-state index is -3.55. The molecule has 2 N–H and O–H groups in total. The largest absolute Gasteiger partial charge is 0.481 e. The Labute approximate surface area is 233 Å². The molecule has 1 atom stereocenters. The van der Waals surface area contributed by atoms with Crippen LogP contribution in [-0.4, -0.2) is 53.0 Å². The molecule has 8 nitrogen and oxygen atoms in total. The molecule has 0 bridgehead atoms. The van der Waals surface area contributed by atoms with Crippen molar-refractivity contribution in [3.8, 4) is 22.5 Å². The molecular formula is C31H32N2O6S. The van der Waals surface area contributed by atoms with E-state index in [2.05, 4.69) is 5.16 Å². The van der Waals surface area contributed by atoms with Gasteiger partial charge in [0.15, 0.2) is 5.76 Å². The molecule has 1 heterocycles. The third-order valence-electron chi connectivity index (χ3n) is 7.59. The summed E-state index contributed by atoms with van der Waals surface area (Å²) in [5.74, 6) is -0.238. The fourth-order valence-electron chi connectivity index (χ4n) is 5.04. The molecule has 5 rings (SSSR count). The number of hydrogen-bond acceptors (Lipinski definition) is 6. The molecule has 0 aliphatic heterocycles. The first kappa shape index (κ1) is 27.8. The highest BCUT2D eigenvalue weighted by Gasteiger charge is 2.51. The van der Waals surface area contributed by atoms with Crippen LogP contribution in [0.25, 0.3) is 22.5 Å². The van der Waals surface area contributed by atoms with Gasteiger partial charge in [0.25, 0.3) is 0 Å².